The van der Waals surface area contributed by atoms with E-state index in [0.29, 0.717) is 0 Å². The molecule has 5 nitrogen and oxygen atoms in total. The molecule has 1 N–H and O–H groups in total. The van der Waals surface area contributed by atoms with Gasteiger partial charge in [0.1, 0.15) is 0 Å². The zero-order valence-corrected chi connectivity index (χ0v) is 16.2. The third-order valence-corrected chi connectivity index (χ3v) is 13.5. The molecule has 109 valence electrons. The van der Waals surface area contributed by atoms with E-state index >= 15 is 0 Å². The van der Waals surface area contributed by atoms with Crippen molar-refractivity contribution >= 4 is 36.6 Å². The zero-order chi connectivity index (χ0) is 14.6. The zero-order valence-electron chi connectivity index (χ0n) is 12.2. The van der Waals surface area contributed by atoms with E-state index in [4.69, 9.17) is 16.5 Å². The first kappa shape index (κ1) is 16.3. The normalized spacial score (nSPS) is 22.4. The van der Waals surface area contributed by atoms with Gasteiger partial charge in [-0.2, -0.15) is 0 Å². The Kier molecular flexibility index (Phi) is 5.89. The van der Waals surface area contributed by atoms with Crippen molar-refractivity contribution in [1.29, 1.82) is 0 Å². The maximum atomic E-state index is 6.10. The fourth-order valence-corrected chi connectivity index (χ4v) is 12.9. The molecule has 1 heterocycles. The van der Waals surface area contributed by atoms with Crippen molar-refractivity contribution in [3.63, 3.8) is 0 Å². The molecule has 20 heavy (non-hydrogen) atoms. The smallest absolute Gasteiger partial charge is 0.404 e. The van der Waals surface area contributed by atoms with Crippen LogP contribution in [0.3, 0.4) is 0 Å². The molecule has 0 amide bonds. The molecule has 1 aliphatic heterocycles. The van der Waals surface area contributed by atoms with E-state index in [2.05, 4.69) is 17.1 Å². The molecule has 0 bridgehead atoms. The van der Waals surface area contributed by atoms with E-state index in [9.17, 15) is 0 Å². The van der Waals surface area contributed by atoms with Crippen LogP contribution in [-0.2, 0) is 23.0 Å². The van der Waals surface area contributed by atoms with E-state index in [1.54, 1.807) is 0 Å². The van der Waals surface area contributed by atoms with Crippen LogP contribution in [0.15, 0.2) is 30.3 Å². The predicted molar refractivity (Wildman–Crippen MR) is 84.1 cm³/mol. The minimum absolute atomic E-state index is 0.734. The molecule has 2 rings (SSSR count). The highest BCUT2D eigenvalue weighted by molar-refractivity contribution is 6.79. The van der Waals surface area contributed by atoms with Crippen LogP contribution in [0.5, 0.6) is 0 Å². The Labute approximate surface area is 127 Å². The second-order valence-electron chi connectivity index (χ2n) is 4.67. The summed E-state index contributed by atoms with van der Waals surface area (Å²) in [5.74, 6) is 0. The second-order valence-corrected chi connectivity index (χ2v) is 13.1. The van der Waals surface area contributed by atoms with Crippen LogP contribution in [0.25, 0.3) is 0 Å². The lowest BCUT2D eigenvalue weighted by molar-refractivity contribution is 0.265. The number of hydrogen-bond donors (Lipinski definition) is 1. The predicted octanol–water partition coefficient (Wildman–Crippen LogP) is 1.78. The average Bonchev–Trinajstić information content (AvgIpc) is 2.35. The van der Waals surface area contributed by atoms with E-state index in [-0.39, 0.29) is 0 Å². The topological polar surface area (TPSA) is 49.0 Å². The van der Waals surface area contributed by atoms with Gasteiger partial charge in [0.25, 0.3) is 0 Å². The molecule has 0 spiro atoms. The fourth-order valence-electron chi connectivity index (χ4n) is 1.97. The Morgan fingerprint density at radius 1 is 0.950 bits per heavy atom. The maximum Gasteiger partial charge on any atom is 0.404 e. The average molecular weight is 343 g/mol. The molecule has 1 aliphatic rings. The lowest BCUT2D eigenvalue weighted by Crippen LogP contribution is -2.61. The molecule has 0 aliphatic carbocycles. The summed E-state index contributed by atoms with van der Waals surface area (Å²) in [6.07, 6.45) is 0. The molecule has 0 aromatic heterocycles. The van der Waals surface area contributed by atoms with Crippen molar-refractivity contribution in [3.05, 3.63) is 35.9 Å². The van der Waals surface area contributed by atoms with Crippen molar-refractivity contribution in [1.82, 2.24) is 4.98 Å². The summed E-state index contributed by atoms with van der Waals surface area (Å²) in [5, 5.41) is 0. The first-order valence-electron chi connectivity index (χ1n) is 6.50. The van der Waals surface area contributed by atoms with Gasteiger partial charge in [0.15, 0.2) is 0 Å². The maximum absolute atomic E-state index is 6.10. The first-order valence-corrected chi connectivity index (χ1v) is 14.3. The minimum Gasteiger partial charge on any atom is -0.414 e. The van der Waals surface area contributed by atoms with Gasteiger partial charge in [-0.15, -0.1) is 0 Å². The fraction of sp³-hybridized carbons (Fsp3) is 0.455. The van der Waals surface area contributed by atoms with Gasteiger partial charge < -0.3 is 16.5 Å². The molecule has 1 fully saturated rings. The molecule has 0 unspecified atom stereocenters. The van der Waals surface area contributed by atoms with E-state index < -0.39 is 36.6 Å². The van der Waals surface area contributed by atoms with Crippen LogP contribution in [0.4, 0.5) is 0 Å². The molecule has 0 saturated carbocycles. The van der Waals surface area contributed by atoms with Gasteiger partial charge in [0.05, 0.1) is 0 Å². The Hall–Kier alpha value is -0.112. The van der Waals surface area contributed by atoms with E-state index in [1.807, 2.05) is 44.4 Å². The highest BCUT2D eigenvalue weighted by Crippen LogP contribution is 2.14. The largest absolute Gasteiger partial charge is 0.414 e. The van der Waals surface area contributed by atoms with Gasteiger partial charge in [0.2, 0.25) is 0 Å². The van der Waals surface area contributed by atoms with Crippen molar-refractivity contribution in [2.75, 3.05) is 0 Å². The van der Waals surface area contributed by atoms with E-state index in [1.165, 1.54) is 5.56 Å². The summed E-state index contributed by atoms with van der Waals surface area (Å²) < 4.78 is 23.8. The molecule has 3 radical (unpaired) electrons. The Morgan fingerprint density at radius 2 is 1.50 bits per heavy atom. The van der Waals surface area contributed by atoms with Gasteiger partial charge >= 0.3 is 36.6 Å². The lowest BCUT2D eigenvalue weighted by Gasteiger charge is -2.35. The highest BCUT2D eigenvalue weighted by atomic mass is 28.5. The minimum atomic E-state index is -2.45. The molecule has 1 aromatic carbocycles. The van der Waals surface area contributed by atoms with Crippen molar-refractivity contribution < 1.29 is 16.5 Å². The summed E-state index contributed by atoms with van der Waals surface area (Å²) >= 11 is 0. The number of hydrogen-bond acceptors (Lipinski definition) is 5. The third-order valence-electron chi connectivity index (χ3n) is 2.71. The molecule has 0 atom stereocenters. The SMILES string of the molecule is C[Si]1O[Si](C)O[Si](C)(NCc2ccccc2)O[Si](C)O1. The highest BCUT2D eigenvalue weighted by Gasteiger charge is 2.41. The van der Waals surface area contributed by atoms with Gasteiger partial charge in [-0.25, -0.2) is 0 Å². The summed E-state index contributed by atoms with van der Waals surface area (Å²) in [6.45, 7) is 8.74. The van der Waals surface area contributed by atoms with Crippen LogP contribution in [-0.4, -0.2) is 36.6 Å². The lowest BCUT2D eigenvalue weighted by atomic mass is 10.2. The Balaban J connectivity index is 1.99. The molecule has 1 saturated heterocycles. The summed E-state index contributed by atoms with van der Waals surface area (Å²) in [6, 6.07) is 10.2. The van der Waals surface area contributed by atoms with Crippen molar-refractivity contribution in [2.24, 2.45) is 0 Å². The van der Waals surface area contributed by atoms with Crippen LogP contribution in [0.1, 0.15) is 5.56 Å². The van der Waals surface area contributed by atoms with Gasteiger partial charge in [0, 0.05) is 6.54 Å². The summed E-state index contributed by atoms with van der Waals surface area (Å²) in [4.78, 5) is 3.45. The second kappa shape index (κ2) is 7.24. The number of nitrogens with one attached hydrogen (secondary N) is 1. The monoisotopic (exact) mass is 342 g/mol. The quantitative estimate of drug-likeness (QED) is 0.849. The molecular weight excluding hydrogens is 322 g/mol. The molecule has 1 aromatic rings. The summed E-state index contributed by atoms with van der Waals surface area (Å²) in [7, 11) is -6.33. The van der Waals surface area contributed by atoms with Gasteiger partial charge in [-0.05, 0) is 31.8 Å². The Morgan fingerprint density at radius 3 is 2.05 bits per heavy atom. The van der Waals surface area contributed by atoms with Crippen LogP contribution >= 0.6 is 0 Å². The van der Waals surface area contributed by atoms with Crippen LogP contribution in [0, 0.1) is 0 Å². The van der Waals surface area contributed by atoms with Gasteiger partial charge in [-0.1, -0.05) is 30.3 Å². The van der Waals surface area contributed by atoms with Gasteiger partial charge in [-0.3, -0.25) is 4.98 Å². The third kappa shape index (κ3) is 5.02. The van der Waals surface area contributed by atoms with Crippen molar-refractivity contribution in [2.45, 2.75) is 32.7 Å². The molecular formula is C11H20NO4Si4. The number of benzene rings is 1. The summed E-state index contributed by atoms with van der Waals surface area (Å²) in [5.41, 5.74) is 1.22. The standard InChI is InChI=1S/C11H20NO4Si4/c1-17-13-18(2)15-20(4,16-19(3)14-17)12-10-11-8-6-5-7-9-11/h5-9,12H,10H2,1-4H3. The van der Waals surface area contributed by atoms with Crippen LogP contribution in [0.2, 0.25) is 26.2 Å². The molecule has 9 heteroatoms. The van der Waals surface area contributed by atoms with E-state index in [0.717, 1.165) is 6.54 Å². The van der Waals surface area contributed by atoms with Crippen molar-refractivity contribution in [3.8, 4) is 0 Å². The first-order chi connectivity index (χ1) is 9.47. The Bertz CT molecular complexity index is 410. The van der Waals surface area contributed by atoms with Crippen LogP contribution < -0.4 is 4.98 Å². The number of rotatable bonds is 3.